The summed E-state index contributed by atoms with van der Waals surface area (Å²) in [6.07, 6.45) is 0.916. The fourth-order valence-corrected chi connectivity index (χ4v) is 3.21. The lowest BCUT2D eigenvalue weighted by Gasteiger charge is -2.28. The maximum absolute atomic E-state index is 11.7. The number of ether oxygens (including phenoxy) is 2. The number of carbonyl (C=O) groups excluding carboxylic acids is 1. The number of rotatable bonds is 3. The Labute approximate surface area is 141 Å². The van der Waals surface area contributed by atoms with Gasteiger partial charge >= 0.3 is 5.97 Å². The number of benzene rings is 1. The van der Waals surface area contributed by atoms with E-state index in [1.807, 2.05) is 4.68 Å². The monoisotopic (exact) mass is 329 g/mol. The molecule has 1 aliphatic heterocycles. The molecule has 2 aromatic rings. The highest BCUT2D eigenvalue weighted by Gasteiger charge is 2.30. The minimum absolute atomic E-state index is 0.0441. The topological polar surface area (TPSA) is 66.2 Å². The van der Waals surface area contributed by atoms with Crippen molar-refractivity contribution < 1.29 is 14.3 Å². The van der Waals surface area contributed by atoms with Gasteiger partial charge in [-0.15, -0.1) is 5.10 Å². The molecule has 0 saturated carbocycles. The first-order valence-corrected chi connectivity index (χ1v) is 8.27. The summed E-state index contributed by atoms with van der Waals surface area (Å²) in [5.74, 6) is -0.261. The summed E-state index contributed by atoms with van der Waals surface area (Å²) in [6, 6.07) is 8.39. The maximum Gasteiger partial charge on any atom is 0.311 e. The normalized spacial score (nSPS) is 20.8. The number of hydrogen-bond acceptors (Lipinski definition) is 5. The second-order valence-corrected chi connectivity index (χ2v) is 6.24. The molecule has 0 spiro atoms. The third-order valence-corrected chi connectivity index (χ3v) is 4.49. The van der Waals surface area contributed by atoms with Gasteiger partial charge in [-0.2, -0.15) is 0 Å². The SMILES string of the molecule is COC(=O)Cc1nnn2c1[C@H](C)[C@H](c1ccc(C)cc1)OCCC2. The summed E-state index contributed by atoms with van der Waals surface area (Å²) in [5, 5.41) is 8.46. The van der Waals surface area contributed by atoms with Crippen LogP contribution >= 0.6 is 0 Å². The number of hydrogen-bond donors (Lipinski definition) is 0. The van der Waals surface area contributed by atoms with Crippen LogP contribution < -0.4 is 0 Å². The van der Waals surface area contributed by atoms with Crippen molar-refractivity contribution in [3.63, 3.8) is 0 Å². The van der Waals surface area contributed by atoms with E-state index in [1.54, 1.807) is 0 Å². The van der Waals surface area contributed by atoms with Crippen LogP contribution in [0.25, 0.3) is 0 Å². The van der Waals surface area contributed by atoms with Gasteiger partial charge in [-0.3, -0.25) is 4.79 Å². The average molecular weight is 329 g/mol. The van der Waals surface area contributed by atoms with E-state index in [-0.39, 0.29) is 24.4 Å². The second-order valence-electron chi connectivity index (χ2n) is 6.24. The molecule has 2 atom stereocenters. The van der Waals surface area contributed by atoms with E-state index in [1.165, 1.54) is 12.7 Å². The third-order valence-electron chi connectivity index (χ3n) is 4.49. The Bertz CT molecular complexity index is 709. The summed E-state index contributed by atoms with van der Waals surface area (Å²) in [5.41, 5.74) is 3.99. The van der Waals surface area contributed by atoms with Crippen LogP contribution in [0.5, 0.6) is 0 Å². The van der Waals surface area contributed by atoms with E-state index in [0.29, 0.717) is 12.3 Å². The van der Waals surface area contributed by atoms with E-state index < -0.39 is 0 Å². The van der Waals surface area contributed by atoms with Crippen LogP contribution in [0.4, 0.5) is 0 Å². The first-order valence-electron chi connectivity index (χ1n) is 8.27. The van der Waals surface area contributed by atoms with Crippen molar-refractivity contribution in [2.45, 2.75) is 45.3 Å². The van der Waals surface area contributed by atoms with Crippen LogP contribution in [-0.2, 0) is 27.2 Å². The Balaban J connectivity index is 1.97. The number of aryl methyl sites for hydroxylation is 2. The molecule has 0 unspecified atom stereocenters. The van der Waals surface area contributed by atoms with E-state index in [4.69, 9.17) is 9.47 Å². The Morgan fingerprint density at radius 3 is 2.83 bits per heavy atom. The van der Waals surface area contributed by atoms with Gasteiger partial charge in [0.1, 0.15) is 0 Å². The van der Waals surface area contributed by atoms with E-state index >= 15 is 0 Å². The molecule has 0 radical (unpaired) electrons. The van der Waals surface area contributed by atoms with Crippen molar-refractivity contribution in [2.75, 3.05) is 13.7 Å². The van der Waals surface area contributed by atoms with Gasteiger partial charge in [-0.1, -0.05) is 42.0 Å². The highest BCUT2D eigenvalue weighted by atomic mass is 16.5. The summed E-state index contributed by atoms with van der Waals surface area (Å²) >= 11 is 0. The molecule has 0 aliphatic carbocycles. The zero-order valence-corrected chi connectivity index (χ0v) is 14.4. The molecule has 6 heteroatoms. The van der Waals surface area contributed by atoms with Crippen LogP contribution in [-0.4, -0.2) is 34.7 Å². The number of fused-ring (bicyclic) bond motifs is 1. The quantitative estimate of drug-likeness (QED) is 0.810. The number of methoxy groups -OCH3 is 1. The Morgan fingerprint density at radius 1 is 1.38 bits per heavy atom. The molecule has 1 aromatic carbocycles. The summed E-state index contributed by atoms with van der Waals surface area (Å²) in [7, 11) is 1.39. The molecule has 24 heavy (non-hydrogen) atoms. The van der Waals surface area contributed by atoms with Crippen molar-refractivity contribution >= 4 is 5.97 Å². The number of aromatic nitrogens is 3. The van der Waals surface area contributed by atoms with Crippen LogP contribution in [0.3, 0.4) is 0 Å². The van der Waals surface area contributed by atoms with Gasteiger partial charge in [-0.25, -0.2) is 4.68 Å². The van der Waals surface area contributed by atoms with E-state index in [2.05, 4.69) is 48.4 Å². The Kier molecular flexibility index (Phi) is 4.94. The van der Waals surface area contributed by atoms with Gasteiger partial charge in [0.25, 0.3) is 0 Å². The fraction of sp³-hybridized carbons (Fsp3) is 0.500. The minimum Gasteiger partial charge on any atom is -0.469 e. The van der Waals surface area contributed by atoms with Gasteiger partial charge < -0.3 is 9.47 Å². The molecule has 0 N–H and O–H groups in total. The summed E-state index contributed by atoms with van der Waals surface area (Å²) in [4.78, 5) is 11.7. The number of nitrogens with zero attached hydrogens (tertiary/aromatic N) is 3. The average Bonchev–Trinajstić information content (AvgIpc) is 2.95. The van der Waals surface area contributed by atoms with Crippen molar-refractivity contribution in [1.29, 1.82) is 0 Å². The molecular weight excluding hydrogens is 306 g/mol. The Hall–Kier alpha value is -2.21. The Morgan fingerprint density at radius 2 is 2.12 bits per heavy atom. The van der Waals surface area contributed by atoms with Crippen LogP contribution in [0.1, 0.15) is 47.9 Å². The molecule has 6 nitrogen and oxygen atoms in total. The predicted octanol–water partition coefficient (Wildman–Crippen LogP) is 2.57. The minimum atomic E-state index is -0.305. The first kappa shape index (κ1) is 16.6. The van der Waals surface area contributed by atoms with Gasteiger partial charge in [0.05, 0.1) is 31.0 Å². The summed E-state index contributed by atoms with van der Waals surface area (Å²) < 4.78 is 12.8. The lowest BCUT2D eigenvalue weighted by Crippen LogP contribution is -2.22. The second kappa shape index (κ2) is 7.13. The summed E-state index contributed by atoms with van der Waals surface area (Å²) in [6.45, 7) is 5.59. The largest absolute Gasteiger partial charge is 0.469 e. The van der Waals surface area contributed by atoms with Crippen molar-refractivity contribution in [2.24, 2.45) is 0 Å². The smallest absolute Gasteiger partial charge is 0.311 e. The molecule has 3 rings (SSSR count). The van der Waals surface area contributed by atoms with Gasteiger partial charge in [0.2, 0.25) is 0 Å². The van der Waals surface area contributed by atoms with Gasteiger partial charge in [0.15, 0.2) is 0 Å². The number of esters is 1. The standard InChI is InChI=1S/C18H23N3O3/c1-12-5-7-14(8-6-12)18-13(2)17-15(11-16(22)23-3)19-20-21(17)9-4-10-24-18/h5-8,13,18H,4,9-11H2,1-3H3/t13-,18+/m0/s1. The molecule has 0 bridgehead atoms. The molecule has 1 aliphatic rings. The van der Waals surface area contributed by atoms with Crippen LogP contribution in [0.2, 0.25) is 0 Å². The fourth-order valence-electron chi connectivity index (χ4n) is 3.21. The molecule has 2 heterocycles. The molecule has 128 valence electrons. The van der Waals surface area contributed by atoms with Crippen LogP contribution in [0, 0.1) is 6.92 Å². The molecule has 0 fully saturated rings. The van der Waals surface area contributed by atoms with E-state index in [9.17, 15) is 4.79 Å². The molecule has 0 saturated heterocycles. The zero-order valence-electron chi connectivity index (χ0n) is 14.4. The first-order chi connectivity index (χ1) is 11.6. The number of carbonyl (C=O) groups is 1. The molecular formula is C18H23N3O3. The highest BCUT2D eigenvalue weighted by molar-refractivity contribution is 5.72. The van der Waals surface area contributed by atoms with Crippen molar-refractivity contribution in [1.82, 2.24) is 15.0 Å². The van der Waals surface area contributed by atoms with Crippen LogP contribution in [0.15, 0.2) is 24.3 Å². The highest BCUT2D eigenvalue weighted by Crippen LogP contribution is 2.36. The maximum atomic E-state index is 11.7. The van der Waals surface area contributed by atoms with Crippen molar-refractivity contribution in [3.05, 3.63) is 46.8 Å². The third kappa shape index (κ3) is 3.33. The lowest BCUT2D eigenvalue weighted by molar-refractivity contribution is -0.139. The molecule has 0 amide bonds. The predicted molar refractivity (Wildman–Crippen MR) is 88.6 cm³/mol. The van der Waals surface area contributed by atoms with Gasteiger partial charge in [0, 0.05) is 19.1 Å². The zero-order chi connectivity index (χ0) is 17.1. The van der Waals surface area contributed by atoms with E-state index in [0.717, 1.165) is 24.2 Å². The lowest BCUT2D eigenvalue weighted by atomic mass is 9.91. The van der Waals surface area contributed by atoms with Gasteiger partial charge in [-0.05, 0) is 18.9 Å². The van der Waals surface area contributed by atoms with Crippen molar-refractivity contribution in [3.8, 4) is 0 Å². The molecule has 1 aromatic heterocycles.